The third-order valence-corrected chi connectivity index (χ3v) is 4.67. The second-order valence-electron chi connectivity index (χ2n) is 5.99. The van der Waals surface area contributed by atoms with Crippen LogP contribution in [0.4, 0.5) is 0 Å². The van der Waals surface area contributed by atoms with Crippen LogP contribution in [-0.2, 0) is 16.1 Å². The second kappa shape index (κ2) is 6.38. The highest BCUT2D eigenvalue weighted by atomic mass is 16.5. The van der Waals surface area contributed by atoms with Crippen LogP contribution in [0, 0.1) is 11.8 Å². The summed E-state index contributed by atoms with van der Waals surface area (Å²) in [7, 11) is 3.13. The van der Waals surface area contributed by atoms with Gasteiger partial charge >= 0.3 is 5.97 Å². The van der Waals surface area contributed by atoms with E-state index in [4.69, 9.17) is 9.47 Å². The zero-order valence-electron chi connectivity index (χ0n) is 13.1. The zero-order valence-corrected chi connectivity index (χ0v) is 13.1. The molecule has 3 rings (SSSR count). The van der Waals surface area contributed by atoms with Crippen LogP contribution in [0.15, 0.2) is 24.5 Å². The Kier molecular flexibility index (Phi) is 4.32. The molecule has 0 spiro atoms. The molecule has 1 saturated carbocycles. The van der Waals surface area contributed by atoms with Crippen LogP contribution >= 0.6 is 0 Å². The van der Waals surface area contributed by atoms with Gasteiger partial charge in [0.1, 0.15) is 5.75 Å². The van der Waals surface area contributed by atoms with E-state index in [0.717, 1.165) is 49.0 Å². The van der Waals surface area contributed by atoms with Gasteiger partial charge in [-0.15, -0.1) is 0 Å². The van der Waals surface area contributed by atoms with Crippen LogP contribution in [0.2, 0.25) is 0 Å². The minimum Gasteiger partial charge on any atom is -0.495 e. The number of nitrogens with zero attached hydrogens (tertiary/aromatic N) is 2. The van der Waals surface area contributed by atoms with E-state index < -0.39 is 0 Å². The van der Waals surface area contributed by atoms with E-state index in [-0.39, 0.29) is 11.9 Å². The van der Waals surface area contributed by atoms with Crippen molar-refractivity contribution in [3.63, 3.8) is 0 Å². The van der Waals surface area contributed by atoms with Gasteiger partial charge in [-0.05, 0) is 37.7 Å². The average molecular weight is 302 g/mol. The van der Waals surface area contributed by atoms with Crippen molar-refractivity contribution in [3.8, 4) is 5.75 Å². The van der Waals surface area contributed by atoms with Crippen LogP contribution in [-0.4, -0.2) is 29.7 Å². The molecule has 0 amide bonds. The van der Waals surface area contributed by atoms with Gasteiger partial charge in [-0.1, -0.05) is 0 Å². The van der Waals surface area contributed by atoms with Crippen molar-refractivity contribution in [1.82, 2.24) is 9.55 Å². The summed E-state index contributed by atoms with van der Waals surface area (Å²) in [4.78, 5) is 16.0. The van der Waals surface area contributed by atoms with Gasteiger partial charge in [-0.25, -0.2) is 0 Å². The predicted molar refractivity (Wildman–Crippen MR) is 83.7 cm³/mol. The molecule has 0 bridgehead atoms. The van der Waals surface area contributed by atoms with E-state index in [1.165, 1.54) is 7.11 Å². The van der Waals surface area contributed by atoms with Gasteiger partial charge in [0.05, 0.1) is 37.4 Å². The molecule has 22 heavy (non-hydrogen) atoms. The summed E-state index contributed by atoms with van der Waals surface area (Å²) in [5.41, 5.74) is 2.10. The normalized spacial score (nSPS) is 21.7. The lowest BCUT2D eigenvalue weighted by Crippen LogP contribution is -2.24. The van der Waals surface area contributed by atoms with Gasteiger partial charge in [0.15, 0.2) is 0 Å². The molecular formula is C17H22N2O3. The maximum absolute atomic E-state index is 11.6. The molecule has 0 saturated heterocycles. The summed E-state index contributed by atoms with van der Waals surface area (Å²) in [5, 5.41) is 0. The van der Waals surface area contributed by atoms with Gasteiger partial charge in [0, 0.05) is 18.8 Å². The standard InChI is InChI=1S/C17H22N2O3/c1-21-14-9-16-15(18-10-14)7-8-19(16)11-12-3-5-13(6-4-12)17(20)22-2/h7-10,12-13H,3-6,11H2,1-2H3/t12-,13-. The Hall–Kier alpha value is -2.04. The minimum atomic E-state index is -0.0567. The fourth-order valence-electron chi connectivity index (χ4n) is 3.34. The summed E-state index contributed by atoms with van der Waals surface area (Å²) >= 11 is 0. The fourth-order valence-corrected chi connectivity index (χ4v) is 3.34. The molecule has 1 fully saturated rings. The third kappa shape index (κ3) is 2.93. The first-order valence-electron chi connectivity index (χ1n) is 7.78. The van der Waals surface area contributed by atoms with Crippen molar-refractivity contribution < 1.29 is 14.3 Å². The molecule has 5 heteroatoms. The van der Waals surface area contributed by atoms with Crippen molar-refractivity contribution in [2.45, 2.75) is 32.2 Å². The van der Waals surface area contributed by atoms with Crippen molar-refractivity contribution in [2.75, 3.05) is 14.2 Å². The number of methoxy groups -OCH3 is 2. The predicted octanol–water partition coefficient (Wildman–Crippen LogP) is 3.02. The largest absolute Gasteiger partial charge is 0.495 e. The lowest BCUT2D eigenvalue weighted by atomic mass is 9.82. The molecule has 1 aliphatic carbocycles. The molecule has 0 N–H and O–H groups in total. The average Bonchev–Trinajstić information content (AvgIpc) is 2.97. The SMILES string of the molecule is COc1cnc2ccn(C[C@H]3CC[C@H](C(=O)OC)CC3)c2c1. The number of esters is 1. The fraction of sp³-hybridized carbons (Fsp3) is 0.529. The van der Waals surface area contributed by atoms with Crippen molar-refractivity contribution in [3.05, 3.63) is 24.5 Å². The molecule has 0 unspecified atom stereocenters. The smallest absolute Gasteiger partial charge is 0.308 e. The van der Waals surface area contributed by atoms with E-state index in [2.05, 4.69) is 15.7 Å². The third-order valence-electron chi connectivity index (χ3n) is 4.67. The Morgan fingerprint density at radius 2 is 2.09 bits per heavy atom. The lowest BCUT2D eigenvalue weighted by molar-refractivity contribution is -0.146. The molecule has 0 radical (unpaired) electrons. The summed E-state index contributed by atoms with van der Waals surface area (Å²) < 4.78 is 12.4. The molecule has 118 valence electrons. The first-order chi connectivity index (χ1) is 10.7. The minimum absolute atomic E-state index is 0.0567. The van der Waals surface area contributed by atoms with Crippen LogP contribution in [0.5, 0.6) is 5.75 Å². The van der Waals surface area contributed by atoms with Crippen molar-refractivity contribution in [2.24, 2.45) is 11.8 Å². The van der Waals surface area contributed by atoms with E-state index in [9.17, 15) is 4.79 Å². The number of fused-ring (bicyclic) bond motifs is 1. The molecule has 2 aromatic rings. The van der Waals surface area contributed by atoms with E-state index in [1.807, 2.05) is 12.1 Å². The first kappa shape index (κ1) is 14.9. The Morgan fingerprint density at radius 1 is 1.32 bits per heavy atom. The number of hydrogen-bond acceptors (Lipinski definition) is 4. The van der Waals surface area contributed by atoms with Gasteiger partial charge in [0.2, 0.25) is 0 Å². The number of hydrogen-bond donors (Lipinski definition) is 0. The van der Waals surface area contributed by atoms with E-state index in [1.54, 1.807) is 13.3 Å². The number of ether oxygens (including phenoxy) is 2. The summed E-state index contributed by atoms with van der Waals surface area (Å²) in [6.07, 6.45) is 7.82. The Balaban J connectivity index is 1.68. The molecule has 5 nitrogen and oxygen atoms in total. The van der Waals surface area contributed by atoms with E-state index >= 15 is 0 Å². The van der Waals surface area contributed by atoms with Gasteiger partial charge in [-0.2, -0.15) is 0 Å². The summed E-state index contributed by atoms with van der Waals surface area (Å²) in [6, 6.07) is 4.07. The zero-order chi connectivity index (χ0) is 15.5. The quantitative estimate of drug-likeness (QED) is 0.815. The number of carbonyl (C=O) groups is 1. The first-order valence-corrected chi connectivity index (χ1v) is 7.78. The van der Waals surface area contributed by atoms with Crippen LogP contribution in [0.25, 0.3) is 11.0 Å². The van der Waals surface area contributed by atoms with Crippen LogP contribution < -0.4 is 4.74 Å². The molecule has 2 aromatic heterocycles. The molecule has 0 aliphatic heterocycles. The molecule has 0 atom stereocenters. The highest BCUT2D eigenvalue weighted by Gasteiger charge is 2.27. The summed E-state index contributed by atoms with van der Waals surface area (Å²) in [6.45, 7) is 0.965. The highest BCUT2D eigenvalue weighted by Crippen LogP contribution is 2.31. The number of pyridine rings is 1. The van der Waals surface area contributed by atoms with Crippen LogP contribution in [0.1, 0.15) is 25.7 Å². The number of carbonyl (C=O) groups excluding carboxylic acids is 1. The monoisotopic (exact) mass is 302 g/mol. The highest BCUT2D eigenvalue weighted by molar-refractivity contribution is 5.77. The Morgan fingerprint density at radius 3 is 2.77 bits per heavy atom. The Labute approximate surface area is 130 Å². The second-order valence-corrected chi connectivity index (χ2v) is 5.99. The van der Waals surface area contributed by atoms with Crippen LogP contribution in [0.3, 0.4) is 0 Å². The topological polar surface area (TPSA) is 53.4 Å². The van der Waals surface area contributed by atoms with Gasteiger partial charge < -0.3 is 14.0 Å². The Bertz CT molecular complexity index is 657. The van der Waals surface area contributed by atoms with Gasteiger partial charge in [0.25, 0.3) is 0 Å². The molecule has 0 aromatic carbocycles. The molecular weight excluding hydrogens is 280 g/mol. The number of rotatable bonds is 4. The summed E-state index contributed by atoms with van der Waals surface area (Å²) in [5.74, 6) is 1.41. The lowest BCUT2D eigenvalue weighted by Gasteiger charge is -2.27. The van der Waals surface area contributed by atoms with Crippen molar-refractivity contribution >= 4 is 17.0 Å². The molecule has 2 heterocycles. The van der Waals surface area contributed by atoms with E-state index in [0.29, 0.717) is 5.92 Å². The van der Waals surface area contributed by atoms with Gasteiger partial charge in [-0.3, -0.25) is 9.78 Å². The maximum Gasteiger partial charge on any atom is 0.308 e. The maximum atomic E-state index is 11.6. The van der Waals surface area contributed by atoms with Crippen molar-refractivity contribution in [1.29, 1.82) is 0 Å². The number of aromatic nitrogens is 2. The molecule has 1 aliphatic rings.